The Morgan fingerprint density at radius 2 is 2.04 bits per heavy atom. The second-order valence-electron chi connectivity index (χ2n) is 6.97. The molecule has 1 aliphatic heterocycles. The average Bonchev–Trinajstić information content (AvgIpc) is 2.58. The minimum atomic E-state index is -0.254. The van der Waals surface area contributed by atoms with Gasteiger partial charge in [-0.2, -0.15) is 0 Å². The van der Waals surface area contributed by atoms with Gasteiger partial charge in [-0.05, 0) is 43.4 Å². The van der Waals surface area contributed by atoms with E-state index in [1.165, 1.54) is 0 Å². The van der Waals surface area contributed by atoms with Gasteiger partial charge in [0, 0.05) is 26.2 Å². The molecule has 1 aromatic rings. The van der Waals surface area contributed by atoms with Crippen LogP contribution in [0.1, 0.15) is 39.2 Å². The minimum absolute atomic E-state index is 0.218. The number of nitrogens with zero attached hydrogens (tertiary/aromatic N) is 2. The highest BCUT2D eigenvalue weighted by Gasteiger charge is 2.19. The van der Waals surface area contributed by atoms with Crippen LogP contribution in [0.15, 0.2) is 23.2 Å². The van der Waals surface area contributed by atoms with E-state index in [0.29, 0.717) is 44.1 Å². The summed E-state index contributed by atoms with van der Waals surface area (Å²) in [5.74, 6) is 1.07. The quantitative estimate of drug-likeness (QED) is 0.545. The Morgan fingerprint density at radius 1 is 1.32 bits per heavy atom. The van der Waals surface area contributed by atoms with E-state index in [9.17, 15) is 9.50 Å². The molecule has 0 amide bonds. The Bertz CT molecular complexity index is 569. The number of benzene rings is 1. The smallest absolute Gasteiger partial charge is 0.191 e. The van der Waals surface area contributed by atoms with Gasteiger partial charge >= 0.3 is 0 Å². The highest BCUT2D eigenvalue weighted by molar-refractivity contribution is 5.79. The highest BCUT2D eigenvalue weighted by atomic mass is 19.1. The fraction of sp³-hybridized carbons (Fsp3) is 0.632. The number of anilines is 1. The lowest BCUT2D eigenvalue weighted by atomic mass is 10.1. The van der Waals surface area contributed by atoms with Gasteiger partial charge in [-0.3, -0.25) is 0 Å². The number of guanidine groups is 1. The Kier molecular flexibility index (Phi) is 7.50. The van der Waals surface area contributed by atoms with Crippen molar-refractivity contribution < 1.29 is 9.50 Å². The van der Waals surface area contributed by atoms with E-state index in [0.717, 1.165) is 24.6 Å². The van der Waals surface area contributed by atoms with Crippen LogP contribution >= 0.6 is 0 Å². The van der Waals surface area contributed by atoms with Crippen LogP contribution in [0.5, 0.6) is 0 Å². The Labute approximate surface area is 150 Å². The Morgan fingerprint density at radius 3 is 2.64 bits per heavy atom. The van der Waals surface area contributed by atoms with Gasteiger partial charge in [-0.25, -0.2) is 9.38 Å². The molecule has 1 fully saturated rings. The van der Waals surface area contributed by atoms with Gasteiger partial charge in [0.15, 0.2) is 5.96 Å². The first-order chi connectivity index (χ1) is 12.0. The standard InChI is InChI=1S/C19H31FN4O/c1-4-21-19(22-12-14(2)3)23-13-15-5-6-18(17(20)11-15)24-9-7-16(25)8-10-24/h5-6,11,14,16,25H,4,7-10,12-13H2,1-3H3,(H2,21,22,23). The first kappa shape index (κ1) is 19.5. The molecule has 5 nitrogen and oxygen atoms in total. The summed E-state index contributed by atoms with van der Waals surface area (Å²) < 4.78 is 14.5. The minimum Gasteiger partial charge on any atom is -0.393 e. The summed E-state index contributed by atoms with van der Waals surface area (Å²) in [7, 11) is 0. The van der Waals surface area contributed by atoms with Crippen LogP contribution in [0.2, 0.25) is 0 Å². The van der Waals surface area contributed by atoms with Gasteiger partial charge < -0.3 is 20.6 Å². The summed E-state index contributed by atoms with van der Waals surface area (Å²) in [6, 6.07) is 5.32. The summed E-state index contributed by atoms with van der Waals surface area (Å²) in [5.41, 5.74) is 1.46. The number of piperidine rings is 1. The van der Waals surface area contributed by atoms with Gasteiger partial charge in [-0.15, -0.1) is 0 Å². The molecule has 2 rings (SSSR count). The van der Waals surface area contributed by atoms with Crippen molar-refractivity contribution in [3.8, 4) is 0 Å². The van der Waals surface area contributed by atoms with E-state index in [1.807, 2.05) is 24.0 Å². The molecule has 0 aromatic heterocycles. The molecule has 0 radical (unpaired) electrons. The van der Waals surface area contributed by atoms with Gasteiger partial charge in [0.1, 0.15) is 5.82 Å². The van der Waals surface area contributed by atoms with Gasteiger partial charge in [0.2, 0.25) is 0 Å². The molecule has 0 bridgehead atoms. The molecule has 1 aromatic carbocycles. The highest BCUT2D eigenvalue weighted by Crippen LogP contribution is 2.24. The molecule has 0 atom stereocenters. The van der Waals surface area contributed by atoms with E-state index in [2.05, 4.69) is 29.5 Å². The zero-order valence-corrected chi connectivity index (χ0v) is 15.6. The maximum atomic E-state index is 14.5. The summed E-state index contributed by atoms with van der Waals surface area (Å²) in [6.45, 7) is 9.77. The lowest BCUT2D eigenvalue weighted by Gasteiger charge is -2.31. The molecule has 0 unspecified atom stereocenters. The van der Waals surface area contributed by atoms with Crippen LogP contribution in [0, 0.1) is 11.7 Å². The average molecular weight is 350 g/mol. The van der Waals surface area contributed by atoms with Crippen LogP contribution in [0.4, 0.5) is 10.1 Å². The normalized spacial score (nSPS) is 16.4. The molecule has 1 heterocycles. The third-order valence-electron chi connectivity index (χ3n) is 4.26. The molecule has 1 aliphatic rings. The van der Waals surface area contributed by atoms with Crippen LogP contribution in [-0.4, -0.2) is 43.3 Å². The molecule has 6 heteroatoms. The zero-order chi connectivity index (χ0) is 18.2. The predicted molar refractivity (Wildman–Crippen MR) is 102 cm³/mol. The van der Waals surface area contributed by atoms with Crippen LogP contribution < -0.4 is 15.5 Å². The third-order valence-corrected chi connectivity index (χ3v) is 4.26. The lowest BCUT2D eigenvalue weighted by Crippen LogP contribution is -2.39. The topological polar surface area (TPSA) is 59.9 Å². The van der Waals surface area contributed by atoms with Gasteiger partial charge in [0.05, 0.1) is 18.3 Å². The van der Waals surface area contributed by atoms with Crippen LogP contribution in [-0.2, 0) is 6.54 Å². The Balaban J connectivity index is 2.00. The monoisotopic (exact) mass is 350 g/mol. The molecule has 0 spiro atoms. The van der Waals surface area contributed by atoms with Crippen molar-refractivity contribution in [3.05, 3.63) is 29.6 Å². The van der Waals surface area contributed by atoms with Crippen molar-refractivity contribution in [2.24, 2.45) is 10.9 Å². The Hall–Kier alpha value is -1.82. The molecule has 0 saturated carbocycles. The fourth-order valence-electron chi connectivity index (χ4n) is 2.82. The van der Waals surface area contributed by atoms with Crippen molar-refractivity contribution in [3.63, 3.8) is 0 Å². The van der Waals surface area contributed by atoms with E-state index in [-0.39, 0.29) is 11.9 Å². The van der Waals surface area contributed by atoms with Crippen molar-refractivity contribution in [1.82, 2.24) is 10.6 Å². The van der Waals surface area contributed by atoms with Crippen LogP contribution in [0.25, 0.3) is 0 Å². The van der Waals surface area contributed by atoms with Crippen molar-refractivity contribution in [1.29, 1.82) is 0 Å². The number of aliphatic imine (C=N–C) groups is 1. The van der Waals surface area contributed by atoms with Crippen LogP contribution in [0.3, 0.4) is 0 Å². The number of hydrogen-bond donors (Lipinski definition) is 3. The first-order valence-corrected chi connectivity index (χ1v) is 9.23. The molecule has 25 heavy (non-hydrogen) atoms. The van der Waals surface area contributed by atoms with E-state index >= 15 is 0 Å². The lowest BCUT2D eigenvalue weighted by molar-refractivity contribution is 0.145. The number of aliphatic hydroxyl groups excluding tert-OH is 1. The van der Waals surface area contributed by atoms with Gasteiger partial charge in [-0.1, -0.05) is 19.9 Å². The zero-order valence-electron chi connectivity index (χ0n) is 15.6. The molecule has 3 N–H and O–H groups in total. The maximum absolute atomic E-state index is 14.5. The number of halogens is 1. The number of hydrogen-bond acceptors (Lipinski definition) is 3. The first-order valence-electron chi connectivity index (χ1n) is 9.23. The summed E-state index contributed by atoms with van der Waals surface area (Å²) in [4.78, 5) is 6.53. The second-order valence-corrected chi connectivity index (χ2v) is 6.97. The fourth-order valence-corrected chi connectivity index (χ4v) is 2.82. The molecular weight excluding hydrogens is 319 g/mol. The SMILES string of the molecule is CCNC(=NCc1ccc(N2CCC(O)CC2)c(F)c1)NCC(C)C. The summed E-state index contributed by atoms with van der Waals surface area (Å²) >= 11 is 0. The summed E-state index contributed by atoms with van der Waals surface area (Å²) in [5, 5.41) is 16.1. The number of nitrogens with one attached hydrogen (secondary N) is 2. The predicted octanol–water partition coefficient (Wildman–Crippen LogP) is 2.50. The van der Waals surface area contributed by atoms with E-state index in [4.69, 9.17) is 0 Å². The molecule has 140 valence electrons. The number of rotatable bonds is 6. The molecule has 1 saturated heterocycles. The van der Waals surface area contributed by atoms with Gasteiger partial charge in [0.25, 0.3) is 0 Å². The third kappa shape index (κ3) is 6.20. The van der Waals surface area contributed by atoms with E-state index in [1.54, 1.807) is 6.07 Å². The molecule has 0 aliphatic carbocycles. The van der Waals surface area contributed by atoms with Crippen molar-refractivity contribution in [2.75, 3.05) is 31.1 Å². The molecular formula is C19H31FN4O. The number of aliphatic hydroxyl groups is 1. The summed E-state index contributed by atoms with van der Waals surface area (Å²) in [6.07, 6.45) is 1.13. The maximum Gasteiger partial charge on any atom is 0.191 e. The second kappa shape index (κ2) is 9.61. The van der Waals surface area contributed by atoms with Crippen molar-refractivity contribution >= 4 is 11.6 Å². The van der Waals surface area contributed by atoms with Crippen molar-refractivity contribution in [2.45, 2.75) is 46.3 Å². The largest absolute Gasteiger partial charge is 0.393 e. The van der Waals surface area contributed by atoms with E-state index < -0.39 is 0 Å².